The molecule has 0 bridgehead atoms. The van der Waals surface area contributed by atoms with Crippen LogP contribution in [0.15, 0.2) is 46.9 Å². The lowest BCUT2D eigenvalue weighted by Crippen LogP contribution is -2.27. The summed E-state index contributed by atoms with van der Waals surface area (Å²) in [5.74, 6) is -0.591. The summed E-state index contributed by atoms with van der Waals surface area (Å²) in [7, 11) is 0. The molecule has 2 aromatic carbocycles. The number of ether oxygens (including phenoxy) is 2. The highest BCUT2D eigenvalue weighted by Crippen LogP contribution is 2.40. The van der Waals surface area contributed by atoms with E-state index in [-0.39, 0.29) is 17.4 Å². The van der Waals surface area contributed by atoms with E-state index in [0.29, 0.717) is 12.0 Å². The number of carbonyl (C=O) groups excluding carboxylic acids is 1. The van der Waals surface area contributed by atoms with E-state index in [0.717, 1.165) is 28.4 Å². The van der Waals surface area contributed by atoms with Gasteiger partial charge in [0.15, 0.2) is 11.9 Å². The van der Waals surface area contributed by atoms with Gasteiger partial charge in [-0.3, -0.25) is 4.79 Å². The number of aromatic nitrogens is 2. The van der Waals surface area contributed by atoms with Crippen LogP contribution in [0.25, 0.3) is 10.9 Å². The number of nitrogens with zero attached hydrogens (tertiary/aromatic N) is 2. The monoisotopic (exact) mass is 465 g/mol. The highest BCUT2D eigenvalue weighted by Gasteiger charge is 2.32. The minimum Gasteiger partial charge on any atom is -0.435 e. The Morgan fingerprint density at radius 3 is 2.72 bits per heavy atom. The molecule has 29 heavy (non-hydrogen) atoms. The molecule has 2 N–H and O–H groups in total. The summed E-state index contributed by atoms with van der Waals surface area (Å²) in [4.78, 5) is 11.9. The third-order valence-corrected chi connectivity index (χ3v) is 5.46. The molecule has 3 aromatic rings. The molecule has 1 fully saturated rings. The SMILES string of the molecule is NC(=O)c1nn(C2OCCCC2c2ccc(OC(F)F)cc2)c2ccc(Br)cc12. The molecule has 1 aliphatic rings. The molecule has 2 unspecified atom stereocenters. The van der Waals surface area contributed by atoms with E-state index in [2.05, 4.69) is 25.8 Å². The van der Waals surface area contributed by atoms with E-state index in [4.69, 9.17) is 10.5 Å². The van der Waals surface area contributed by atoms with Crippen molar-refractivity contribution in [2.45, 2.75) is 31.6 Å². The Balaban J connectivity index is 1.74. The van der Waals surface area contributed by atoms with Crippen molar-refractivity contribution in [3.63, 3.8) is 0 Å². The maximum absolute atomic E-state index is 12.4. The first-order valence-electron chi connectivity index (χ1n) is 9.08. The van der Waals surface area contributed by atoms with Gasteiger partial charge in [0.2, 0.25) is 0 Å². The van der Waals surface area contributed by atoms with Crippen LogP contribution in [-0.4, -0.2) is 28.9 Å². The van der Waals surface area contributed by atoms with Gasteiger partial charge >= 0.3 is 6.61 Å². The Labute approximate surface area is 173 Å². The van der Waals surface area contributed by atoms with Crippen LogP contribution in [0.4, 0.5) is 8.78 Å². The normalized spacial score (nSPS) is 19.6. The van der Waals surface area contributed by atoms with Gasteiger partial charge in [0.1, 0.15) is 5.75 Å². The highest BCUT2D eigenvalue weighted by atomic mass is 79.9. The van der Waals surface area contributed by atoms with E-state index in [1.165, 1.54) is 12.1 Å². The molecule has 9 heteroatoms. The quantitative estimate of drug-likeness (QED) is 0.597. The maximum atomic E-state index is 12.4. The average molecular weight is 466 g/mol. The number of hydrogen-bond acceptors (Lipinski definition) is 4. The molecular formula is C20H18BrF2N3O3. The van der Waals surface area contributed by atoms with E-state index >= 15 is 0 Å². The Bertz CT molecular complexity index is 1040. The van der Waals surface area contributed by atoms with E-state index in [9.17, 15) is 13.6 Å². The second kappa shape index (κ2) is 8.08. The van der Waals surface area contributed by atoms with Crippen molar-refractivity contribution in [2.24, 2.45) is 5.73 Å². The standard InChI is InChI=1S/C20H18BrF2N3O3/c21-12-5-8-16-15(10-12)17(18(24)27)25-26(16)19-14(2-1-9-28-19)11-3-6-13(7-4-11)29-20(22)23/h3-8,10,14,19-20H,1-2,9H2,(H2,24,27). The van der Waals surface area contributed by atoms with Gasteiger partial charge in [-0.2, -0.15) is 13.9 Å². The molecule has 0 spiro atoms. The fourth-order valence-electron chi connectivity index (χ4n) is 3.72. The number of hydrogen-bond donors (Lipinski definition) is 1. The van der Waals surface area contributed by atoms with Crippen LogP contribution in [0.1, 0.15) is 41.0 Å². The number of alkyl halides is 2. The number of primary amides is 1. The number of carbonyl (C=O) groups is 1. The first kappa shape index (κ1) is 19.8. The summed E-state index contributed by atoms with van der Waals surface area (Å²) in [5.41, 5.74) is 7.35. The first-order valence-corrected chi connectivity index (χ1v) is 9.87. The molecule has 6 nitrogen and oxygen atoms in total. The summed E-state index contributed by atoms with van der Waals surface area (Å²) in [6.07, 6.45) is 1.22. The Morgan fingerprint density at radius 2 is 2.03 bits per heavy atom. The van der Waals surface area contributed by atoms with Gasteiger partial charge in [-0.15, -0.1) is 0 Å². The minimum atomic E-state index is -2.87. The molecule has 0 aliphatic carbocycles. The van der Waals surface area contributed by atoms with Crippen LogP contribution in [-0.2, 0) is 4.74 Å². The van der Waals surface area contributed by atoms with Gasteiger partial charge in [-0.05, 0) is 48.7 Å². The van der Waals surface area contributed by atoms with Crippen LogP contribution in [0.5, 0.6) is 5.75 Å². The molecule has 1 aliphatic heterocycles. The first-order chi connectivity index (χ1) is 13.9. The van der Waals surface area contributed by atoms with E-state index in [1.807, 2.05) is 12.1 Å². The zero-order valence-electron chi connectivity index (χ0n) is 15.2. The molecule has 2 atom stereocenters. The molecule has 1 amide bonds. The van der Waals surface area contributed by atoms with Crippen molar-refractivity contribution in [3.05, 3.63) is 58.2 Å². The predicted molar refractivity (Wildman–Crippen MR) is 106 cm³/mol. The zero-order chi connectivity index (χ0) is 20.5. The number of nitrogens with two attached hydrogens (primary N) is 1. The molecule has 1 aromatic heterocycles. The molecule has 4 rings (SSSR count). The Kier molecular flexibility index (Phi) is 5.51. The Hall–Kier alpha value is -2.52. The lowest BCUT2D eigenvalue weighted by molar-refractivity contribution is -0.0539. The van der Waals surface area contributed by atoms with Crippen molar-refractivity contribution in [1.29, 1.82) is 0 Å². The average Bonchev–Trinajstić information content (AvgIpc) is 3.07. The van der Waals surface area contributed by atoms with Crippen LogP contribution < -0.4 is 10.5 Å². The largest absolute Gasteiger partial charge is 0.435 e. The zero-order valence-corrected chi connectivity index (χ0v) is 16.8. The highest BCUT2D eigenvalue weighted by molar-refractivity contribution is 9.10. The van der Waals surface area contributed by atoms with Crippen LogP contribution in [0, 0.1) is 0 Å². The number of fused-ring (bicyclic) bond motifs is 1. The van der Waals surface area contributed by atoms with Gasteiger partial charge in [-0.1, -0.05) is 28.1 Å². The van der Waals surface area contributed by atoms with Crippen molar-refractivity contribution in [2.75, 3.05) is 6.61 Å². The van der Waals surface area contributed by atoms with Gasteiger partial charge < -0.3 is 15.2 Å². The van der Waals surface area contributed by atoms with Crippen molar-refractivity contribution < 1.29 is 23.0 Å². The summed E-state index contributed by atoms with van der Waals surface area (Å²) in [6, 6.07) is 12.0. The molecule has 2 heterocycles. The van der Waals surface area contributed by atoms with E-state index < -0.39 is 18.7 Å². The van der Waals surface area contributed by atoms with Crippen LogP contribution in [0.3, 0.4) is 0 Å². The molecule has 1 saturated heterocycles. The van der Waals surface area contributed by atoms with Crippen molar-refractivity contribution in [3.8, 4) is 5.75 Å². The lowest BCUT2D eigenvalue weighted by Gasteiger charge is -2.32. The number of benzene rings is 2. The van der Waals surface area contributed by atoms with Gasteiger partial charge in [0.05, 0.1) is 5.52 Å². The molecule has 0 saturated carbocycles. The van der Waals surface area contributed by atoms with E-state index in [1.54, 1.807) is 22.9 Å². The summed E-state index contributed by atoms with van der Waals surface area (Å²) in [5, 5.41) is 5.10. The third kappa shape index (κ3) is 3.97. The number of amides is 1. The van der Waals surface area contributed by atoms with Gasteiger partial charge in [0, 0.05) is 22.4 Å². The van der Waals surface area contributed by atoms with Crippen molar-refractivity contribution in [1.82, 2.24) is 9.78 Å². The van der Waals surface area contributed by atoms with Crippen molar-refractivity contribution >= 4 is 32.7 Å². The summed E-state index contributed by atoms with van der Waals surface area (Å²) >= 11 is 3.41. The lowest BCUT2D eigenvalue weighted by atomic mass is 9.90. The maximum Gasteiger partial charge on any atom is 0.387 e. The fraction of sp³-hybridized carbons (Fsp3) is 0.300. The molecule has 152 valence electrons. The topological polar surface area (TPSA) is 79.4 Å². The number of rotatable bonds is 5. The van der Waals surface area contributed by atoms with Crippen LogP contribution >= 0.6 is 15.9 Å². The second-order valence-electron chi connectivity index (χ2n) is 6.78. The smallest absolute Gasteiger partial charge is 0.387 e. The van der Waals surface area contributed by atoms with Gasteiger partial charge in [-0.25, -0.2) is 4.68 Å². The predicted octanol–water partition coefficient (Wildman–Crippen LogP) is 4.59. The third-order valence-electron chi connectivity index (χ3n) is 4.97. The molecule has 0 radical (unpaired) electrons. The van der Waals surface area contributed by atoms with Crippen LogP contribution in [0.2, 0.25) is 0 Å². The molecular weight excluding hydrogens is 448 g/mol. The minimum absolute atomic E-state index is 0.0724. The summed E-state index contributed by atoms with van der Waals surface area (Å²) < 4.78 is 37.8. The second-order valence-corrected chi connectivity index (χ2v) is 7.69. The summed E-state index contributed by atoms with van der Waals surface area (Å²) in [6.45, 7) is -2.31. The fourth-order valence-corrected chi connectivity index (χ4v) is 4.09. The Morgan fingerprint density at radius 1 is 1.28 bits per heavy atom. The van der Waals surface area contributed by atoms with Gasteiger partial charge in [0.25, 0.3) is 5.91 Å². The number of halogens is 3.